The monoisotopic (exact) mass is 236 g/mol. The number of ether oxygens (including phenoxy) is 1. The number of hydrogen-bond donors (Lipinski definition) is 1. The van der Waals surface area contributed by atoms with Gasteiger partial charge >= 0.3 is 0 Å². The summed E-state index contributed by atoms with van der Waals surface area (Å²) in [6, 6.07) is 2.07. The van der Waals surface area contributed by atoms with E-state index in [0.29, 0.717) is 18.8 Å². The van der Waals surface area contributed by atoms with Gasteiger partial charge in [0.15, 0.2) is 0 Å². The third-order valence-corrected chi connectivity index (χ3v) is 3.22. The summed E-state index contributed by atoms with van der Waals surface area (Å²) in [6.45, 7) is 1.22. The van der Waals surface area contributed by atoms with Gasteiger partial charge < -0.3 is 9.84 Å². The first-order valence-corrected chi connectivity index (χ1v) is 5.63. The van der Waals surface area contributed by atoms with Crippen molar-refractivity contribution in [3.05, 3.63) is 11.4 Å². The first-order valence-electron chi connectivity index (χ1n) is 5.63. The molecule has 2 rings (SSSR count). The van der Waals surface area contributed by atoms with Crippen molar-refractivity contribution >= 4 is 0 Å². The number of nitrogens with zero attached hydrogens (tertiary/aromatic N) is 4. The van der Waals surface area contributed by atoms with Crippen molar-refractivity contribution in [3.8, 4) is 6.07 Å². The van der Waals surface area contributed by atoms with E-state index >= 15 is 0 Å². The molecule has 92 valence electrons. The van der Waals surface area contributed by atoms with E-state index in [1.165, 1.54) is 0 Å². The molecule has 0 aliphatic heterocycles. The summed E-state index contributed by atoms with van der Waals surface area (Å²) < 4.78 is 6.87. The lowest BCUT2D eigenvalue weighted by molar-refractivity contribution is 0.162. The van der Waals surface area contributed by atoms with Crippen LogP contribution < -0.4 is 0 Å². The van der Waals surface area contributed by atoms with E-state index in [1.54, 1.807) is 11.8 Å². The van der Waals surface area contributed by atoms with Gasteiger partial charge in [-0.15, -0.1) is 5.10 Å². The molecule has 1 aliphatic rings. The molecule has 0 spiro atoms. The van der Waals surface area contributed by atoms with Crippen LogP contribution in [0.4, 0.5) is 0 Å². The molecule has 1 N–H and O–H groups in total. The molecule has 0 radical (unpaired) electrons. The summed E-state index contributed by atoms with van der Waals surface area (Å²) in [7, 11) is 1.60. The fourth-order valence-electron chi connectivity index (χ4n) is 1.86. The van der Waals surface area contributed by atoms with Crippen LogP contribution in [0.2, 0.25) is 0 Å². The van der Waals surface area contributed by atoms with Crippen molar-refractivity contribution in [1.82, 2.24) is 15.0 Å². The van der Waals surface area contributed by atoms with Crippen molar-refractivity contribution in [3.63, 3.8) is 0 Å². The molecular weight excluding hydrogens is 220 g/mol. The second kappa shape index (κ2) is 4.82. The van der Waals surface area contributed by atoms with Gasteiger partial charge in [0.05, 0.1) is 37.9 Å². The molecule has 0 amide bonds. The van der Waals surface area contributed by atoms with Gasteiger partial charge in [0.1, 0.15) is 5.69 Å². The van der Waals surface area contributed by atoms with Gasteiger partial charge in [-0.3, -0.25) is 0 Å². The Bertz CT molecular complexity index is 431. The quantitative estimate of drug-likeness (QED) is 0.766. The SMILES string of the molecule is COCc1c(CC#N)nnn1CC1(CO)CC1. The summed E-state index contributed by atoms with van der Waals surface area (Å²) in [4.78, 5) is 0. The third kappa shape index (κ3) is 2.46. The average Bonchev–Trinajstić information content (AvgIpc) is 3.02. The lowest BCUT2D eigenvalue weighted by Crippen LogP contribution is -2.19. The Kier molecular flexibility index (Phi) is 3.41. The number of aliphatic hydroxyl groups excluding tert-OH is 1. The maximum Gasteiger partial charge on any atom is 0.102 e. The molecule has 6 nitrogen and oxygen atoms in total. The minimum atomic E-state index is -0.0277. The number of nitriles is 1. The van der Waals surface area contributed by atoms with Crippen LogP contribution in [-0.2, 0) is 24.3 Å². The maximum atomic E-state index is 9.30. The minimum absolute atomic E-state index is 0.0277. The van der Waals surface area contributed by atoms with Gasteiger partial charge in [-0.05, 0) is 12.8 Å². The highest BCUT2D eigenvalue weighted by Gasteiger charge is 2.43. The van der Waals surface area contributed by atoms with Crippen LogP contribution in [0.15, 0.2) is 0 Å². The van der Waals surface area contributed by atoms with Gasteiger partial charge in [-0.25, -0.2) is 4.68 Å². The van der Waals surface area contributed by atoms with Crippen LogP contribution in [-0.4, -0.2) is 33.8 Å². The van der Waals surface area contributed by atoms with E-state index in [0.717, 1.165) is 18.5 Å². The molecule has 6 heteroatoms. The van der Waals surface area contributed by atoms with E-state index in [4.69, 9.17) is 10.00 Å². The van der Waals surface area contributed by atoms with E-state index in [-0.39, 0.29) is 18.4 Å². The summed E-state index contributed by atoms with van der Waals surface area (Å²) in [5, 5.41) is 26.1. The number of methoxy groups -OCH3 is 1. The fraction of sp³-hybridized carbons (Fsp3) is 0.727. The Morgan fingerprint density at radius 1 is 1.59 bits per heavy atom. The molecule has 0 unspecified atom stereocenters. The Balaban J connectivity index is 2.18. The predicted molar refractivity (Wildman–Crippen MR) is 58.8 cm³/mol. The molecule has 1 fully saturated rings. The van der Waals surface area contributed by atoms with Crippen molar-refractivity contribution in [2.45, 2.75) is 32.4 Å². The van der Waals surface area contributed by atoms with E-state index in [2.05, 4.69) is 16.4 Å². The zero-order valence-electron chi connectivity index (χ0n) is 9.89. The average molecular weight is 236 g/mol. The van der Waals surface area contributed by atoms with Crippen LogP contribution in [0.3, 0.4) is 0 Å². The van der Waals surface area contributed by atoms with Crippen molar-refractivity contribution in [1.29, 1.82) is 5.26 Å². The van der Waals surface area contributed by atoms with Crippen LogP contribution in [0.5, 0.6) is 0 Å². The Morgan fingerprint density at radius 2 is 2.35 bits per heavy atom. The highest BCUT2D eigenvalue weighted by atomic mass is 16.5. The van der Waals surface area contributed by atoms with Gasteiger partial charge in [-0.2, -0.15) is 5.26 Å². The molecule has 0 atom stereocenters. The molecule has 0 aromatic carbocycles. The maximum absolute atomic E-state index is 9.30. The number of rotatable bonds is 6. The summed E-state index contributed by atoms with van der Waals surface area (Å²) in [6.07, 6.45) is 2.28. The van der Waals surface area contributed by atoms with Gasteiger partial charge in [0.25, 0.3) is 0 Å². The second-order valence-corrected chi connectivity index (χ2v) is 4.57. The van der Waals surface area contributed by atoms with E-state index < -0.39 is 0 Å². The molecule has 1 heterocycles. The standard InChI is InChI=1S/C11H16N4O2/c1-17-6-10-9(2-5-12)13-14-15(10)7-11(8-16)3-4-11/h16H,2-4,6-8H2,1H3. The topological polar surface area (TPSA) is 84.0 Å². The molecule has 1 aromatic heterocycles. The predicted octanol–water partition coefficient (Wildman–Crippen LogP) is 0.263. The van der Waals surface area contributed by atoms with Crippen LogP contribution in [0.25, 0.3) is 0 Å². The first-order chi connectivity index (χ1) is 8.24. The first kappa shape index (κ1) is 12.0. The Hall–Kier alpha value is -1.45. The molecule has 0 bridgehead atoms. The summed E-state index contributed by atoms with van der Waals surface area (Å²) in [5.74, 6) is 0. The molecule has 1 saturated carbocycles. The highest BCUT2D eigenvalue weighted by molar-refractivity contribution is 5.14. The van der Waals surface area contributed by atoms with Crippen LogP contribution in [0, 0.1) is 16.7 Å². The van der Waals surface area contributed by atoms with E-state index in [9.17, 15) is 5.11 Å². The molecule has 0 saturated heterocycles. The van der Waals surface area contributed by atoms with Gasteiger partial charge in [0.2, 0.25) is 0 Å². The van der Waals surface area contributed by atoms with Gasteiger partial charge in [0, 0.05) is 12.5 Å². The van der Waals surface area contributed by atoms with Crippen LogP contribution >= 0.6 is 0 Å². The molecule has 1 aliphatic carbocycles. The zero-order valence-corrected chi connectivity index (χ0v) is 9.89. The smallest absolute Gasteiger partial charge is 0.102 e. The Morgan fingerprint density at radius 3 is 2.88 bits per heavy atom. The van der Waals surface area contributed by atoms with E-state index in [1.807, 2.05) is 0 Å². The van der Waals surface area contributed by atoms with Crippen molar-refractivity contribution < 1.29 is 9.84 Å². The summed E-state index contributed by atoms with van der Waals surface area (Å²) in [5.41, 5.74) is 1.48. The van der Waals surface area contributed by atoms with Crippen LogP contribution in [0.1, 0.15) is 24.2 Å². The largest absolute Gasteiger partial charge is 0.396 e. The summed E-state index contributed by atoms with van der Waals surface area (Å²) >= 11 is 0. The Labute approximate surface area is 99.8 Å². The van der Waals surface area contributed by atoms with Crippen molar-refractivity contribution in [2.75, 3.05) is 13.7 Å². The zero-order chi connectivity index (χ0) is 12.3. The van der Waals surface area contributed by atoms with Gasteiger partial charge in [-0.1, -0.05) is 5.21 Å². The highest BCUT2D eigenvalue weighted by Crippen LogP contribution is 2.46. The van der Waals surface area contributed by atoms with Crippen molar-refractivity contribution in [2.24, 2.45) is 5.41 Å². The molecular formula is C11H16N4O2. The second-order valence-electron chi connectivity index (χ2n) is 4.57. The molecule has 1 aromatic rings. The third-order valence-electron chi connectivity index (χ3n) is 3.22. The lowest BCUT2D eigenvalue weighted by atomic mass is 10.1. The lowest BCUT2D eigenvalue weighted by Gasteiger charge is -2.13. The number of aromatic nitrogens is 3. The normalized spacial score (nSPS) is 16.8. The number of hydrogen-bond acceptors (Lipinski definition) is 5. The fourth-order valence-corrected chi connectivity index (χ4v) is 1.86. The molecule has 17 heavy (non-hydrogen) atoms. The number of aliphatic hydroxyl groups is 1. The minimum Gasteiger partial charge on any atom is -0.396 e.